The van der Waals surface area contributed by atoms with Gasteiger partial charge in [-0.25, -0.2) is 4.98 Å². The number of aliphatic carboxylic acids is 1. The highest BCUT2D eigenvalue weighted by Crippen LogP contribution is 2.06. The van der Waals surface area contributed by atoms with Gasteiger partial charge >= 0.3 is 5.97 Å². The van der Waals surface area contributed by atoms with Crippen molar-refractivity contribution in [3.8, 4) is 0 Å². The molecule has 13 heavy (non-hydrogen) atoms. The number of nitrogens with zero attached hydrogens (tertiary/aromatic N) is 1. The van der Waals surface area contributed by atoms with Crippen LogP contribution in [-0.4, -0.2) is 21.8 Å². The molecule has 0 saturated carbocycles. The lowest BCUT2D eigenvalue weighted by molar-refractivity contribution is -0.135. The normalized spacial score (nSPS) is 9.62. The van der Waals surface area contributed by atoms with Crippen LogP contribution in [-0.2, 0) is 4.79 Å². The number of carboxylic acids is 1. The lowest BCUT2D eigenvalue weighted by Crippen LogP contribution is -2.08. The molecule has 0 unspecified atom stereocenters. The van der Waals surface area contributed by atoms with Crippen molar-refractivity contribution < 1.29 is 14.7 Å². The molecule has 0 saturated heterocycles. The average Bonchev–Trinajstić information content (AvgIpc) is 2.03. The molecule has 0 aliphatic carbocycles. The molecule has 0 fully saturated rings. The minimum absolute atomic E-state index is 0.0786. The Balaban J connectivity index is 2.83. The molecule has 0 aromatic carbocycles. The fraction of sp³-hybridized carbons (Fsp3) is 0.125. The summed E-state index contributed by atoms with van der Waals surface area (Å²) in [7, 11) is 0. The fourth-order valence-electron chi connectivity index (χ4n) is 0.791. The summed E-state index contributed by atoms with van der Waals surface area (Å²) in [4.78, 5) is 25.0. The van der Waals surface area contributed by atoms with E-state index in [9.17, 15) is 9.59 Å². The van der Waals surface area contributed by atoms with Crippen LogP contribution < -0.4 is 0 Å². The summed E-state index contributed by atoms with van der Waals surface area (Å²) in [6, 6.07) is 4.49. The quantitative estimate of drug-likeness (QED) is 0.454. The van der Waals surface area contributed by atoms with Crippen molar-refractivity contribution in [3.63, 3.8) is 0 Å². The third-order valence-corrected chi connectivity index (χ3v) is 1.52. The van der Waals surface area contributed by atoms with Gasteiger partial charge < -0.3 is 5.11 Å². The second-order valence-electron chi connectivity index (χ2n) is 2.34. The van der Waals surface area contributed by atoms with Gasteiger partial charge in [-0.15, -0.1) is 0 Å². The molecular formula is C8H6ClNO3. The number of hydrogen-bond acceptors (Lipinski definition) is 3. The van der Waals surface area contributed by atoms with Crippen LogP contribution >= 0.6 is 11.6 Å². The molecule has 0 aliphatic rings. The van der Waals surface area contributed by atoms with Crippen LogP contribution in [0.25, 0.3) is 0 Å². The zero-order chi connectivity index (χ0) is 9.84. The van der Waals surface area contributed by atoms with Crippen LogP contribution in [0.3, 0.4) is 0 Å². The predicted molar refractivity (Wildman–Crippen MR) is 45.8 cm³/mol. The van der Waals surface area contributed by atoms with Gasteiger partial charge in [0.25, 0.3) is 0 Å². The van der Waals surface area contributed by atoms with Crippen LogP contribution in [0, 0.1) is 0 Å². The Morgan fingerprint density at radius 1 is 1.46 bits per heavy atom. The van der Waals surface area contributed by atoms with Crippen LogP contribution in [0.1, 0.15) is 16.9 Å². The third kappa shape index (κ3) is 2.83. The summed E-state index contributed by atoms with van der Waals surface area (Å²) in [5.74, 6) is -1.72. The fourth-order valence-corrected chi connectivity index (χ4v) is 0.955. The first kappa shape index (κ1) is 9.67. The van der Waals surface area contributed by atoms with Gasteiger partial charge in [0, 0.05) is 0 Å². The molecule has 1 aromatic heterocycles. The maximum absolute atomic E-state index is 11.1. The summed E-state index contributed by atoms with van der Waals surface area (Å²) in [6.07, 6.45) is -0.562. The SMILES string of the molecule is O=C(O)CC(=O)c1cccc(Cl)n1. The van der Waals surface area contributed by atoms with Gasteiger partial charge in [-0.3, -0.25) is 9.59 Å². The smallest absolute Gasteiger partial charge is 0.311 e. The highest BCUT2D eigenvalue weighted by Gasteiger charge is 2.11. The van der Waals surface area contributed by atoms with Crippen LogP contribution in [0.2, 0.25) is 5.15 Å². The molecule has 68 valence electrons. The Morgan fingerprint density at radius 2 is 2.15 bits per heavy atom. The van der Waals surface area contributed by atoms with Crippen molar-refractivity contribution in [3.05, 3.63) is 29.0 Å². The number of Topliss-reactive ketones (excluding diaryl/α,β-unsaturated/α-hetero) is 1. The van der Waals surface area contributed by atoms with Gasteiger partial charge in [-0.05, 0) is 12.1 Å². The van der Waals surface area contributed by atoms with E-state index in [0.717, 1.165) is 0 Å². The van der Waals surface area contributed by atoms with Gasteiger partial charge in [0.2, 0.25) is 0 Å². The van der Waals surface area contributed by atoms with E-state index < -0.39 is 18.2 Å². The zero-order valence-corrected chi connectivity index (χ0v) is 7.28. The Bertz CT molecular complexity index is 351. The topological polar surface area (TPSA) is 67.3 Å². The van der Waals surface area contributed by atoms with E-state index in [2.05, 4.69) is 4.98 Å². The first-order valence-corrected chi connectivity index (χ1v) is 3.85. The van der Waals surface area contributed by atoms with E-state index in [4.69, 9.17) is 16.7 Å². The molecular weight excluding hydrogens is 194 g/mol. The highest BCUT2D eigenvalue weighted by atomic mass is 35.5. The first-order chi connectivity index (χ1) is 6.09. The minimum Gasteiger partial charge on any atom is -0.481 e. The van der Waals surface area contributed by atoms with Gasteiger partial charge in [-0.1, -0.05) is 17.7 Å². The van der Waals surface area contributed by atoms with Gasteiger partial charge in [0.05, 0.1) is 0 Å². The lowest BCUT2D eigenvalue weighted by Gasteiger charge is -1.96. The number of pyridine rings is 1. The molecule has 1 aromatic rings. The number of carbonyl (C=O) groups is 2. The second-order valence-corrected chi connectivity index (χ2v) is 2.73. The molecule has 0 bridgehead atoms. The standard InChI is InChI=1S/C8H6ClNO3/c9-7-3-1-2-5(10-7)6(11)4-8(12)13/h1-3H,4H2,(H,12,13). The molecule has 1 N–H and O–H groups in total. The Morgan fingerprint density at radius 3 is 2.69 bits per heavy atom. The average molecular weight is 200 g/mol. The van der Waals surface area contributed by atoms with E-state index in [-0.39, 0.29) is 10.8 Å². The van der Waals surface area contributed by atoms with E-state index in [1.165, 1.54) is 12.1 Å². The summed E-state index contributed by atoms with van der Waals surface area (Å²) in [6.45, 7) is 0. The van der Waals surface area contributed by atoms with Crippen LogP contribution in [0.5, 0.6) is 0 Å². The minimum atomic E-state index is -1.17. The molecule has 0 radical (unpaired) electrons. The number of carbonyl (C=O) groups excluding carboxylic acids is 1. The Labute approximate surface area is 79.2 Å². The first-order valence-electron chi connectivity index (χ1n) is 3.47. The summed E-state index contributed by atoms with van der Waals surface area (Å²) in [5.41, 5.74) is 0.0786. The van der Waals surface area contributed by atoms with E-state index >= 15 is 0 Å². The van der Waals surface area contributed by atoms with E-state index in [0.29, 0.717) is 0 Å². The molecule has 1 rings (SSSR count). The van der Waals surface area contributed by atoms with Gasteiger partial charge in [0.1, 0.15) is 17.3 Å². The number of hydrogen-bond donors (Lipinski definition) is 1. The third-order valence-electron chi connectivity index (χ3n) is 1.31. The van der Waals surface area contributed by atoms with Crippen molar-refractivity contribution in [2.75, 3.05) is 0 Å². The summed E-state index contributed by atoms with van der Waals surface area (Å²) in [5, 5.41) is 8.51. The number of aromatic nitrogens is 1. The maximum atomic E-state index is 11.1. The van der Waals surface area contributed by atoms with E-state index in [1.807, 2.05) is 0 Å². The highest BCUT2D eigenvalue weighted by molar-refractivity contribution is 6.29. The molecule has 0 aliphatic heterocycles. The van der Waals surface area contributed by atoms with Gasteiger partial charge in [0.15, 0.2) is 5.78 Å². The van der Waals surface area contributed by atoms with Crippen molar-refractivity contribution in [1.29, 1.82) is 0 Å². The van der Waals surface area contributed by atoms with Crippen molar-refractivity contribution >= 4 is 23.4 Å². The zero-order valence-electron chi connectivity index (χ0n) is 6.53. The van der Waals surface area contributed by atoms with Gasteiger partial charge in [-0.2, -0.15) is 0 Å². The van der Waals surface area contributed by atoms with Crippen molar-refractivity contribution in [2.45, 2.75) is 6.42 Å². The van der Waals surface area contributed by atoms with Crippen LogP contribution in [0.15, 0.2) is 18.2 Å². The number of rotatable bonds is 3. The number of halogens is 1. The monoisotopic (exact) mass is 199 g/mol. The molecule has 0 amide bonds. The van der Waals surface area contributed by atoms with Crippen molar-refractivity contribution in [2.24, 2.45) is 0 Å². The lowest BCUT2D eigenvalue weighted by atomic mass is 10.2. The van der Waals surface area contributed by atoms with Crippen LogP contribution in [0.4, 0.5) is 0 Å². The van der Waals surface area contributed by atoms with Crippen molar-refractivity contribution in [1.82, 2.24) is 4.98 Å². The molecule has 0 atom stereocenters. The summed E-state index contributed by atoms with van der Waals surface area (Å²) < 4.78 is 0. The van der Waals surface area contributed by atoms with E-state index in [1.54, 1.807) is 6.07 Å². The number of carboxylic acid groups (broad SMARTS) is 1. The maximum Gasteiger partial charge on any atom is 0.311 e. The number of ketones is 1. The Hall–Kier alpha value is -1.42. The molecule has 0 spiro atoms. The molecule has 1 heterocycles. The Kier molecular flexibility index (Phi) is 2.97. The largest absolute Gasteiger partial charge is 0.481 e. The predicted octanol–water partition coefficient (Wildman–Crippen LogP) is 1.39. The molecule has 4 nitrogen and oxygen atoms in total. The summed E-state index contributed by atoms with van der Waals surface area (Å²) >= 11 is 5.51. The molecule has 5 heteroatoms. The second kappa shape index (κ2) is 4.00.